The van der Waals surface area contributed by atoms with E-state index in [9.17, 15) is 0 Å². The van der Waals surface area contributed by atoms with Crippen molar-refractivity contribution in [3.8, 4) is 11.1 Å². The number of hydrogen-bond acceptors (Lipinski definition) is 0. The minimum Gasteiger partial charge on any atom is -0.0730 e. The number of unbranched alkanes of at least 4 members (excludes halogenated alkanes) is 1. The third kappa shape index (κ3) is 2.23. The van der Waals surface area contributed by atoms with Gasteiger partial charge in [-0.25, -0.2) is 0 Å². The average Bonchev–Trinajstić information content (AvgIpc) is 3.17. The van der Waals surface area contributed by atoms with Crippen LogP contribution in [0.5, 0.6) is 0 Å². The van der Waals surface area contributed by atoms with Crippen LogP contribution in [0.3, 0.4) is 0 Å². The highest BCUT2D eigenvalue weighted by Gasteiger charge is 2.23. The fraction of sp³-hybridized carbons (Fsp3) is 0.273. The highest BCUT2D eigenvalue weighted by molar-refractivity contribution is 5.78. The van der Waals surface area contributed by atoms with Gasteiger partial charge in [0.2, 0.25) is 0 Å². The van der Waals surface area contributed by atoms with Gasteiger partial charge in [-0.2, -0.15) is 0 Å². The summed E-state index contributed by atoms with van der Waals surface area (Å²) in [5, 5.41) is 0. The third-order valence-electron chi connectivity index (χ3n) is 4.98. The van der Waals surface area contributed by atoms with Crippen molar-refractivity contribution in [1.82, 2.24) is 0 Å². The first-order valence-corrected chi connectivity index (χ1v) is 8.46. The molecule has 22 heavy (non-hydrogen) atoms. The lowest BCUT2D eigenvalue weighted by Crippen LogP contribution is -1.96. The van der Waals surface area contributed by atoms with Gasteiger partial charge in [-0.15, -0.1) is 0 Å². The maximum atomic E-state index is 2.47. The molecule has 0 bridgehead atoms. The van der Waals surface area contributed by atoms with E-state index >= 15 is 0 Å². The van der Waals surface area contributed by atoms with E-state index in [1.165, 1.54) is 52.7 Å². The van der Waals surface area contributed by atoms with Gasteiger partial charge in [0.05, 0.1) is 0 Å². The minimum absolute atomic E-state index is 0.469. The molecule has 1 atom stereocenters. The molecular formula is C22H22. The van der Waals surface area contributed by atoms with Crippen molar-refractivity contribution in [2.75, 3.05) is 0 Å². The van der Waals surface area contributed by atoms with Crippen molar-refractivity contribution in [3.63, 3.8) is 0 Å². The van der Waals surface area contributed by atoms with E-state index in [-0.39, 0.29) is 0 Å². The summed E-state index contributed by atoms with van der Waals surface area (Å²) in [6, 6.07) is 15.7. The van der Waals surface area contributed by atoms with Crippen LogP contribution in [-0.4, -0.2) is 0 Å². The molecule has 0 saturated carbocycles. The van der Waals surface area contributed by atoms with Crippen LogP contribution in [0.25, 0.3) is 11.1 Å². The molecule has 0 nitrogen and oxygen atoms in total. The summed E-state index contributed by atoms with van der Waals surface area (Å²) < 4.78 is 0. The van der Waals surface area contributed by atoms with E-state index in [1.54, 1.807) is 0 Å². The van der Waals surface area contributed by atoms with E-state index < -0.39 is 0 Å². The first-order chi connectivity index (χ1) is 10.9. The standard InChI is InChI=1S/C22H22/c1-2-3-7-16-12-13-18(14-16)20-10-6-11-21-19-9-5-4-8-17(19)15-22(20)21/h4-6,8-14,18H,2-3,7,15H2,1H3. The molecule has 110 valence electrons. The molecule has 2 aromatic carbocycles. The molecule has 0 heterocycles. The van der Waals surface area contributed by atoms with Crippen molar-refractivity contribution in [2.24, 2.45) is 0 Å². The number of hydrogen-bond donors (Lipinski definition) is 0. The molecule has 0 aromatic heterocycles. The molecule has 2 aliphatic carbocycles. The third-order valence-corrected chi connectivity index (χ3v) is 4.98. The molecule has 0 saturated heterocycles. The fourth-order valence-electron chi connectivity index (χ4n) is 3.80. The topological polar surface area (TPSA) is 0 Å². The largest absolute Gasteiger partial charge is 0.0730 e. The van der Waals surface area contributed by atoms with Crippen LogP contribution >= 0.6 is 0 Å². The Morgan fingerprint density at radius 3 is 2.77 bits per heavy atom. The van der Waals surface area contributed by atoms with Gasteiger partial charge in [-0.3, -0.25) is 0 Å². The summed E-state index contributed by atoms with van der Waals surface area (Å²) in [4.78, 5) is 0. The zero-order chi connectivity index (χ0) is 14.9. The van der Waals surface area contributed by atoms with Crippen LogP contribution in [0.1, 0.15) is 48.8 Å². The molecule has 0 radical (unpaired) electrons. The summed E-state index contributed by atoms with van der Waals surface area (Å²) in [7, 11) is 0. The highest BCUT2D eigenvalue weighted by atomic mass is 14.3. The second-order valence-electron chi connectivity index (χ2n) is 6.44. The zero-order valence-electron chi connectivity index (χ0n) is 13.2. The first kappa shape index (κ1) is 13.6. The lowest BCUT2D eigenvalue weighted by molar-refractivity contribution is 0.797. The molecule has 0 heteroatoms. The summed E-state index contributed by atoms with van der Waals surface area (Å²) >= 11 is 0. The predicted molar refractivity (Wildman–Crippen MR) is 94.2 cm³/mol. The van der Waals surface area contributed by atoms with Crippen molar-refractivity contribution in [3.05, 3.63) is 83.0 Å². The van der Waals surface area contributed by atoms with Gasteiger partial charge >= 0.3 is 0 Å². The van der Waals surface area contributed by atoms with Gasteiger partial charge in [-0.05, 0) is 47.1 Å². The van der Waals surface area contributed by atoms with Gasteiger partial charge in [0.25, 0.3) is 0 Å². The molecule has 0 spiro atoms. The molecule has 0 aliphatic heterocycles. The molecule has 1 unspecified atom stereocenters. The maximum absolute atomic E-state index is 2.47. The van der Waals surface area contributed by atoms with Crippen LogP contribution in [-0.2, 0) is 6.42 Å². The van der Waals surface area contributed by atoms with Crippen molar-refractivity contribution in [1.29, 1.82) is 0 Å². The van der Waals surface area contributed by atoms with E-state index in [0.29, 0.717) is 5.92 Å². The van der Waals surface area contributed by atoms with Crippen LogP contribution in [0.2, 0.25) is 0 Å². The lowest BCUT2D eigenvalue weighted by Gasteiger charge is -2.12. The van der Waals surface area contributed by atoms with Crippen LogP contribution in [0.4, 0.5) is 0 Å². The summed E-state index contributed by atoms with van der Waals surface area (Å²) in [6.45, 7) is 2.26. The Bertz CT molecular complexity index is 761. The summed E-state index contributed by atoms with van der Waals surface area (Å²) in [6.07, 6.45) is 12.1. The summed E-state index contributed by atoms with van der Waals surface area (Å²) in [5.74, 6) is 0.469. The fourth-order valence-corrected chi connectivity index (χ4v) is 3.80. The quantitative estimate of drug-likeness (QED) is 0.549. The summed E-state index contributed by atoms with van der Waals surface area (Å²) in [5.41, 5.74) is 8.89. The normalized spacial score (nSPS) is 18.2. The Hall–Kier alpha value is -2.08. The Morgan fingerprint density at radius 1 is 1.00 bits per heavy atom. The van der Waals surface area contributed by atoms with Crippen molar-refractivity contribution >= 4 is 0 Å². The Morgan fingerprint density at radius 2 is 1.86 bits per heavy atom. The SMILES string of the molecule is CCCCC1=CC(c2cccc3c2Cc2ccccc2-3)C=C1. The first-order valence-electron chi connectivity index (χ1n) is 8.46. The Labute approximate surface area is 133 Å². The van der Waals surface area contributed by atoms with Crippen LogP contribution in [0, 0.1) is 0 Å². The lowest BCUT2D eigenvalue weighted by atomic mass is 9.92. The van der Waals surface area contributed by atoms with Gasteiger partial charge < -0.3 is 0 Å². The molecule has 2 aliphatic rings. The van der Waals surface area contributed by atoms with Gasteiger partial charge in [-0.1, -0.05) is 79.6 Å². The molecule has 0 N–H and O–H groups in total. The van der Waals surface area contributed by atoms with Crippen LogP contribution < -0.4 is 0 Å². The zero-order valence-corrected chi connectivity index (χ0v) is 13.2. The number of allylic oxidation sites excluding steroid dienone is 4. The molecule has 2 aromatic rings. The Balaban J connectivity index is 1.69. The van der Waals surface area contributed by atoms with Crippen molar-refractivity contribution in [2.45, 2.75) is 38.5 Å². The number of fused-ring (bicyclic) bond motifs is 3. The van der Waals surface area contributed by atoms with Crippen molar-refractivity contribution < 1.29 is 0 Å². The molecule has 0 fully saturated rings. The molecule has 4 rings (SSSR count). The van der Waals surface area contributed by atoms with Gasteiger partial charge in [0.15, 0.2) is 0 Å². The van der Waals surface area contributed by atoms with E-state index in [2.05, 4.69) is 67.6 Å². The monoisotopic (exact) mass is 286 g/mol. The Kier molecular flexibility index (Phi) is 3.46. The second-order valence-corrected chi connectivity index (χ2v) is 6.44. The average molecular weight is 286 g/mol. The molecule has 0 amide bonds. The van der Waals surface area contributed by atoms with E-state index in [0.717, 1.165) is 6.42 Å². The van der Waals surface area contributed by atoms with Gasteiger partial charge in [0, 0.05) is 5.92 Å². The second kappa shape index (κ2) is 5.61. The minimum atomic E-state index is 0.469. The van der Waals surface area contributed by atoms with Crippen LogP contribution in [0.15, 0.2) is 66.3 Å². The van der Waals surface area contributed by atoms with E-state index in [1.807, 2.05) is 0 Å². The maximum Gasteiger partial charge on any atom is 0.0210 e. The number of rotatable bonds is 4. The molecular weight excluding hydrogens is 264 g/mol. The van der Waals surface area contributed by atoms with E-state index in [4.69, 9.17) is 0 Å². The van der Waals surface area contributed by atoms with Gasteiger partial charge in [0.1, 0.15) is 0 Å². The predicted octanol–water partition coefficient (Wildman–Crippen LogP) is 6.03. The number of benzene rings is 2. The smallest absolute Gasteiger partial charge is 0.0210 e. The highest BCUT2D eigenvalue weighted by Crippen LogP contribution is 2.42.